The molecular formula is C23H27N3O2. The van der Waals surface area contributed by atoms with Crippen LogP contribution in [0.1, 0.15) is 30.5 Å². The lowest BCUT2D eigenvalue weighted by Crippen LogP contribution is -2.34. The number of hydrogen-bond acceptors (Lipinski definition) is 4. The van der Waals surface area contributed by atoms with Crippen LogP contribution in [0.4, 0.5) is 0 Å². The number of likely N-dealkylation sites (tertiary alicyclic amines) is 1. The van der Waals surface area contributed by atoms with E-state index in [1.807, 2.05) is 30.3 Å². The molecule has 1 aliphatic heterocycles. The first-order chi connectivity index (χ1) is 13.7. The van der Waals surface area contributed by atoms with E-state index in [0.717, 1.165) is 49.1 Å². The lowest BCUT2D eigenvalue weighted by molar-refractivity contribution is 0.171. The van der Waals surface area contributed by atoms with Gasteiger partial charge < -0.3 is 4.74 Å². The lowest BCUT2D eigenvalue weighted by atomic mass is 9.90. The molecule has 5 heteroatoms. The molecule has 0 radical (unpaired) electrons. The second kappa shape index (κ2) is 8.57. The average Bonchev–Trinajstić information content (AvgIpc) is 2.74. The van der Waals surface area contributed by atoms with Gasteiger partial charge in [-0.25, -0.2) is 4.98 Å². The van der Waals surface area contributed by atoms with Crippen molar-refractivity contribution in [3.8, 4) is 5.75 Å². The Labute approximate surface area is 165 Å². The van der Waals surface area contributed by atoms with Crippen molar-refractivity contribution < 1.29 is 4.74 Å². The maximum Gasteiger partial charge on any atom is 0.258 e. The minimum atomic E-state index is -0.00465. The zero-order chi connectivity index (χ0) is 19.3. The predicted molar refractivity (Wildman–Crippen MR) is 111 cm³/mol. The molecule has 1 saturated heterocycles. The second-order valence-electron chi connectivity index (χ2n) is 7.62. The van der Waals surface area contributed by atoms with Gasteiger partial charge in [-0.3, -0.25) is 14.1 Å². The highest BCUT2D eigenvalue weighted by atomic mass is 16.5. The summed E-state index contributed by atoms with van der Waals surface area (Å²) >= 11 is 0. The van der Waals surface area contributed by atoms with Crippen molar-refractivity contribution in [1.82, 2.24) is 14.3 Å². The van der Waals surface area contributed by atoms with Gasteiger partial charge >= 0.3 is 0 Å². The first-order valence-electron chi connectivity index (χ1n) is 10.0. The fraction of sp³-hybridized carbons (Fsp3) is 0.391. The van der Waals surface area contributed by atoms with Gasteiger partial charge in [-0.1, -0.05) is 18.2 Å². The third-order valence-electron chi connectivity index (χ3n) is 5.72. The van der Waals surface area contributed by atoms with E-state index < -0.39 is 0 Å². The summed E-state index contributed by atoms with van der Waals surface area (Å²) in [7, 11) is 1.70. The second-order valence-corrected chi connectivity index (χ2v) is 7.62. The van der Waals surface area contributed by atoms with E-state index in [2.05, 4.69) is 22.0 Å². The number of nitrogens with zero attached hydrogens (tertiary/aromatic N) is 3. The van der Waals surface area contributed by atoms with Crippen LogP contribution in [0, 0.1) is 5.92 Å². The first kappa shape index (κ1) is 18.7. The van der Waals surface area contributed by atoms with E-state index in [4.69, 9.17) is 4.74 Å². The zero-order valence-electron chi connectivity index (χ0n) is 16.4. The van der Waals surface area contributed by atoms with Crippen LogP contribution in [0.25, 0.3) is 5.65 Å². The Hall–Kier alpha value is -2.66. The van der Waals surface area contributed by atoms with Gasteiger partial charge in [0.2, 0.25) is 0 Å². The van der Waals surface area contributed by atoms with Crippen molar-refractivity contribution in [3.05, 3.63) is 76.3 Å². The number of ether oxygens (including phenoxy) is 1. The Morgan fingerprint density at radius 2 is 1.89 bits per heavy atom. The third kappa shape index (κ3) is 4.42. The minimum Gasteiger partial charge on any atom is -0.497 e. The molecule has 28 heavy (non-hydrogen) atoms. The van der Waals surface area contributed by atoms with Gasteiger partial charge in [0.25, 0.3) is 5.56 Å². The van der Waals surface area contributed by atoms with Gasteiger partial charge in [-0.2, -0.15) is 0 Å². The molecule has 4 rings (SSSR count). The number of hydrogen-bond donors (Lipinski definition) is 0. The van der Waals surface area contributed by atoms with E-state index in [9.17, 15) is 4.79 Å². The molecule has 0 amide bonds. The van der Waals surface area contributed by atoms with Crippen molar-refractivity contribution in [1.29, 1.82) is 0 Å². The molecule has 2 aromatic heterocycles. The molecule has 1 aromatic carbocycles. The molecule has 0 spiro atoms. The molecule has 3 heterocycles. The molecule has 0 N–H and O–H groups in total. The summed E-state index contributed by atoms with van der Waals surface area (Å²) in [6.07, 6.45) is 6.54. The highest BCUT2D eigenvalue weighted by Gasteiger charge is 2.19. The topological polar surface area (TPSA) is 46.8 Å². The fourth-order valence-electron chi connectivity index (χ4n) is 4.01. The summed E-state index contributed by atoms with van der Waals surface area (Å²) in [5.41, 5.74) is 2.96. The van der Waals surface area contributed by atoms with Crippen molar-refractivity contribution in [2.24, 2.45) is 5.92 Å². The van der Waals surface area contributed by atoms with Gasteiger partial charge in [-0.05, 0) is 74.5 Å². The number of piperidine rings is 1. The largest absolute Gasteiger partial charge is 0.497 e. The van der Waals surface area contributed by atoms with Crippen LogP contribution in [-0.2, 0) is 13.0 Å². The lowest BCUT2D eigenvalue weighted by Gasteiger charge is -2.31. The molecular weight excluding hydrogens is 350 g/mol. The molecule has 0 saturated carbocycles. The van der Waals surface area contributed by atoms with Crippen LogP contribution >= 0.6 is 0 Å². The number of benzene rings is 1. The Kier molecular flexibility index (Phi) is 5.72. The Morgan fingerprint density at radius 3 is 2.64 bits per heavy atom. The predicted octanol–water partition coefficient (Wildman–Crippen LogP) is 3.55. The molecule has 5 nitrogen and oxygen atoms in total. The number of aromatic nitrogens is 2. The monoisotopic (exact) mass is 377 g/mol. The van der Waals surface area contributed by atoms with E-state index in [-0.39, 0.29) is 5.56 Å². The minimum absolute atomic E-state index is 0.00465. The van der Waals surface area contributed by atoms with E-state index >= 15 is 0 Å². The summed E-state index contributed by atoms with van der Waals surface area (Å²) in [4.78, 5) is 19.3. The average molecular weight is 377 g/mol. The summed E-state index contributed by atoms with van der Waals surface area (Å²) in [6.45, 7) is 2.90. The standard InChI is InChI=1S/C23H27N3O2/c1-28-21-9-7-18(8-10-21)5-6-19-11-14-25(15-12-19)17-20-16-23(27)26-13-3-2-4-22(26)24-20/h2-4,7-10,13,16,19H,5-6,11-12,14-15,17H2,1H3. The fourth-order valence-corrected chi connectivity index (χ4v) is 4.01. The van der Waals surface area contributed by atoms with E-state index in [1.54, 1.807) is 23.8 Å². The maximum absolute atomic E-state index is 12.3. The van der Waals surface area contributed by atoms with Crippen LogP contribution in [-0.4, -0.2) is 34.5 Å². The van der Waals surface area contributed by atoms with Crippen LogP contribution in [0.15, 0.2) is 59.5 Å². The van der Waals surface area contributed by atoms with Crippen LogP contribution in [0.2, 0.25) is 0 Å². The number of pyridine rings is 1. The molecule has 146 valence electrons. The van der Waals surface area contributed by atoms with E-state index in [0.29, 0.717) is 0 Å². The van der Waals surface area contributed by atoms with Crippen LogP contribution in [0.3, 0.4) is 0 Å². The third-order valence-corrected chi connectivity index (χ3v) is 5.72. The highest BCUT2D eigenvalue weighted by molar-refractivity contribution is 5.38. The normalized spacial score (nSPS) is 15.8. The van der Waals surface area contributed by atoms with Gasteiger partial charge in [-0.15, -0.1) is 0 Å². The Morgan fingerprint density at radius 1 is 1.11 bits per heavy atom. The number of rotatable bonds is 6. The number of fused-ring (bicyclic) bond motifs is 1. The molecule has 3 aromatic rings. The SMILES string of the molecule is COc1ccc(CCC2CCN(Cc3cc(=O)n4ccccc4n3)CC2)cc1. The smallest absolute Gasteiger partial charge is 0.258 e. The summed E-state index contributed by atoms with van der Waals surface area (Å²) in [5.74, 6) is 1.69. The van der Waals surface area contributed by atoms with E-state index in [1.165, 1.54) is 24.8 Å². The Bertz CT molecular complexity index is 973. The van der Waals surface area contributed by atoms with Crippen molar-refractivity contribution >= 4 is 5.65 Å². The van der Waals surface area contributed by atoms with Gasteiger partial charge in [0.05, 0.1) is 12.8 Å². The Balaban J connectivity index is 1.29. The van der Waals surface area contributed by atoms with Crippen molar-refractivity contribution in [2.75, 3.05) is 20.2 Å². The van der Waals surface area contributed by atoms with Crippen LogP contribution in [0.5, 0.6) is 5.75 Å². The molecule has 1 fully saturated rings. The molecule has 1 aliphatic rings. The maximum atomic E-state index is 12.3. The molecule has 0 atom stereocenters. The summed E-state index contributed by atoms with van der Waals surface area (Å²) in [6, 6.07) is 15.7. The quantitative estimate of drug-likeness (QED) is 0.659. The van der Waals surface area contributed by atoms with Gasteiger partial charge in [0.15, 0.2) is 0 Å². The highest BCUT2D eigenvalue weighted by Crippen LogP contribution is 2.24. The number of methoxy groups -OCH3 is 1. The van der Waals surface area contributed by atoms with Crippen LogP contribution < -0.4 is 10.3 Å². The van der Waals surface area contributed by atoms with Gasteiger partial charge in [0.1, 0.15) is 11.4 Å². The number of aryl methyl sites for hydroxylation is 1. The van der Waals surface area contributed by atoms with Gasteiger partial charge in [0, 0.05) is 18.8 Å². The molecule has 0 bridgehead atoms. The summed E-state index contributed by atoms with van der Waals surface area (Å²) < 4.78 is 6.82. The molecule has 0 aliphatic carbocycles. The molecule has 0 unspecified atom stereocenters. The van der Waals surface area contributed by atoms with Crippen molar-refractivity contribution in [2.45, 2.75) is 32.2 Å². The first-order valence-corrected chi connectivity index (χ1v) is 10.0. The summed E-state index contributed by atoms with van der Waals surface area (Å²) in [5, 5.41) is 0. The zero-order valence-corrected chi connectivity index (χ0v) is 16.4. The van der Waals surface area contributed by atoms with Crippen molar-refractivity contribution in [3.63, 3.8) is 0 Å².